The first kappa shape index (κ1) is 40.5. The highest BCUT2D eigenvalue weighted by Gasteiger charge is 2.37. The Labute approximate surface area is 327 Å². The lowest BCUT2D eigenvalue weighted by Gasteiger charge is -2.35. The Kier molecular flexibility index (Phi) is 14.0. The van der Waals surface area contributed by atoms with Crippen LogP contribution < -0.4 is 28.6 Å². The van der Waals surface area contributed by atoms with E-state index in [2.05, 4.69) is 5.32 Å². The molecular weight excluding hydrogens is 753 g/mol. The van der Waals surface area contributed by atoms with Gasteiger partial charge in [-0.05, 0) is 60.4 Å². The van der Waals surface area contributed by atoms with Gasteiger partial charge >= 0.3 is 0 Å². The summed E-state index contributed by atoms with van der Waals surface area (Å²) in [5.74, 6) is -0.0153. The van der Waals surface area contributed by atoms with Crippen LogP contribution in [0.3, 0.4) is 0 Å². The fourth-order valence-corrected chi connectivity index (χ4v) is 8.30. The van der Waals surface area contributed by atoms with Gasteiger partial charge in [-0.15, -0.1) is 0 Å². The number of methoxy groups -OCH3 is 4. The van der Waals surface area contributed by atoms with Gasteiger partial charge in [0.15, 0.2) is 11.5 Å². The molecule has 1 atom stereocenters. The number of sulfonamides is 1. The summed E-state index contributed by atoms with van der Waals surface area (Å²) >= 11 is 12.7. The normalized spacial score (nSPS) is 13.7. The molecule has 4 aromatic rings. The van der Waals surface area contributed by atoms with Crippen LogP contribution in [0, 0.1) is 0 Å². The minimum atomic E-state index is -4.53. The zero-order valence-electron chi connectivity index (χ0n) is 30.7. The molecule has 5 rings (SSSR count). The lowest BCUT2D eigenvalue weighted by atomic mass is 9.94. The van der Waals surface area contributed by atoms with Crippen molar-refractivity contribution in [3.8, 4) is 23.0 Å². The van der Waals surface area contributed by atoms with Crippen molar-refractivity contribution in [2.45, 2.75) is 62.0 Å². The van der Waals surface area contributed by atoms with Crippen LogP contribution in [0.1, 0.15) is 43.2 Å². The number of anilines is 1. The van der Waals surface area contributed by atoms with Crippen LogP contribution >= 0.6 is 23.2 Å². The molecule has 1 saturated carbocycles. The highest BCUT2D eigenvalue weighted by Crippen LogP contribution is 2.38. The first-order chi connectivity index (χ1) is 26.0. The molecule has 0 spiro atoms. The predicted octanol–water partition coefficient (Wildman–Crippen LogP) is 7.31. The number of carbonyl (C=O) groups is 2. The number of amides is 2. The monoisotopic (exact) mass is 797 g/mol. The van der Waals surface area contributed by atoms with Crippen molar-refractivity contribution in [2.24, 2.45) is 0 Å². The molecule has 0 saturated heterocycles. The Hall–Kier alpha value is -4.65. The minimum absolute atomic E-state index is 0.0424. The third-order valence-corrected chi connectivity index (χ3v) is 11.9. The molecule has 0 aromatic heterocycles. The van der Waals surface area contributed by atoms with Gasteiger partial charge in [0.05, 0.1) is 49.1 Å². The Balaban J connectivity index is 1.65. The maximum atomic E-state index is 15.0. The van der Waals surface area contributed by atoms with Gasteiger partial charge in [-0.3, -0.25) is 13.9 Å². The average Bonchev–Trinajstić information content (AvgIpc) is 3.19. The predicted molar refractivity (Wildman–Crippen MR) is 210 cm³/mol. The zero-order valence-corrected chi connectivity index (χ0v) is 33.0. The molecule has 0 heterocycles. The quantitative estimate of drug-likeness (QED) is 0.125. The van der Waals surface area contributed by atoms with Crippen LogP contribution in [0.5, 0.6) is 23.0 Å². The third-order valence-electron chi connectivity index (χ3n) is 9.44. The summed E-state index contributed by atoms with van der Waals surface area (Å²) in [6, 6.07) is 22.1. The topological polar surface area (TPSA) is 124 Å². The van der Waals surface area contributed by atoms with Crippen molar-refractivity contribution in [3.05, 3.63) is 106 Å². The second-order valence-electron chi connectivity index (χ2n) is 12.9. The Morgan fingerprint density at radius 1 is 0.759 bits per heavy atom. The average molecular weight is 799 g/mol. The van der Waals surface area contributed by atoms with Crippen molar-refractivity contribution < 1.29 is 37.0 Å². The van der Waals surface area contributed by atoms with Crippen molar-refractivity contribution >= 4 is 50.7 Å². The standard InChI is InChI=1S/C40H45Cl2N3O8S/c1-50-30-16-19-36(51-2)34(23-30)45(54(48,49)31-17-20-37(52-3)38(24-31)53-4)26-39(46)44(25-28-15-18-32(41)33(42)21-28)35(22-27-11-7-5-8-12-27)40(47)43-29-13-9-6-10-14-29/h5,7-8,11-12,15-21,23-24,29,35H,6,9-10,13-14,22,25-26H2,1-4H3,(H,43,47). The minimum Gasteiger partial charge on any atom is -0.497 e. The van der Waals surface area contributed by atoms with Crippen molar-refractivity contribution in [2.75, 3.05) is 39.3 Å². The molecular formula is C40H45Cl2N3O8S. The number of hydrogen-bond acceptors (Lipinski definition) is 8. The van der Waals surface area contributed by atoms with Crippen LogP contribution in [0.2, 0.25) is 10.0 Å². The van der Waals surface area contributed by atoms with Crippen LogP contribution in [0.4, 0.5) is 5.69 Å². The third kappa shape index (κ3) is 9.71. The molecule has 1 aliphatic rings. The first-order valence-corrected chi connectivity index (χ1v) is 19.7. The summed E-state index contributed by atoms with van der Waals surface area (Å²) in [6.07, 6.45) is 4.91. The summed E-state index contributed by atoms with van der Waals surface area (Å²) in [4.78, 5) is 30.7. The van der Waals surface area contributed by atoms with E-state index in [-0.39, 0.29) is 52.0 Å². The number of halogens is 2. The van der Waals surface area contributed by atoms with Gasteiger partial charge < -0.3 is 29.2 Å². The SMILES string of the molecule is COc1ccc(OC)c(N(CC(=O)N(Cc2ccc(Cl)c(Cl)c2)C(Cc2ccccc2)C(=O)NC2CCCCC2)S(=O)(=O)c2ccc(OC)c(OC)c2)c1. The molecule has 11 nitrogen and oxygen atoms in total. The van der Waals surface area contributed by atoms with Gasteiger partial charge in [0.1, 0.15) is 24.1 Å². The Bertz CT molecular complexity index is 2030. The van der Waals surface area contributed by atoms with E-state index in [1.165, 1.54) is 57.6 Å². The molecule has 4 aromatic carbocycles. The van der Waals surface area contributed by atoms with Crippen molar-refractivity contribution in [1.29, 1.82) is 0 Å². The Morgan fingerprint density at radius 3 is 2.09 bits per heavy atom. The number of nitrogens with zero attached hydrogens (tertiary/aromatic N) is 2. The maximum absolute atomic E-state index is 15.0. The zero-order chi connectivity index (χ0) is 38.8. The van der Waals surface area contributed by atoms with E-state index in [1.54, 1.807) is 30.3 Å². The molecule has 1 fully saturated rings. The molecule has 1 aliphatic carbocycles. The maximum Gasteiger partial charge on any atom is 0.265 e. The summed E-state index contributed by atoms with van der Waals surface area (Å²) in [6.45, 7) is -0.797. The molecule has 0 bridgehead atoms. The summed E-state index contributed by atoms with van der Waals surface area (Å²) in [7, 11) is 1.15. The number of rotatable bonds is 16. The Morgan fingerprint density at radius 2 is 1.44 bits per heavy atom. The molecule has 288 valence electrons. The fraction of sp³-hybridized carbons (Fsp3) is 0.350. The molecule has 0 aliphatic heterocycles. The van der Waals surface area contributed by atoms with Gasteiger partial charge in [0, 0.05) is 31.1 Å². The van der Waals surface area contributed by atoms with E-state index in [0.717, 1.165) is 42.0 Å². The van der Waals surface area contributed by atoms with Gasteiger partial charge in [-0.25, -0.2) is 8.42 Å². The van der Waals surface area contributed by atoms with Gasteiger partial charge in [-0.1, -0.05) is 78.9 Å². The van der Waals surface area contributed by atoms with Crippen LogP contribution in [0.15, 0.2) is 89.8 Å². The number of nitrogens with one attached hydrogen (secondary N) is 1. The van der Waals surface area contributed by atoms with E-state index in [0.29, 0.717) is 22.1 Å². The molecule has 1 unspecified atom stereocenters. The van der Waals surface area contributed by atoms with Gasteiger partial charge in [0.2, 0.25) is 11.8 Å². The van der Waals surface area contributed by atoms with E-state index in [1.807, 2.05) is 30.3 Å². The molecule has 1 N–H and O–H groups in total. The first-order valence-electron chi connectivity index (χ1n) is 17.5. The number of carbonyl (C=O) groups excluding carboxylic acids is 2. The van der Waals surface area contributed by atoms with Gasteiger partial charge in [-0.2, -0.15) is 0 Å². The molecule has 0 radical (unpaired) electrons. The highest BCUT2D eigenvalue weighted by atomic mass is 35.5. The van der Waals surface area contributed by atoms with Crippen molar-refractivity contribution in [1.82, 2.24) is 10.2 Å². The summed E-state index contributed by atoms with van der Waals surface area (Å²) in [5.41, 5.74) is 1.45. The van der Waals surface area contributed by atoms with Crippen LogP contribution in [0.25, 0.3) is 0 Å². The largest absolute Gasteiger partial charge is 0.497 e. The fourth-order valence-electron chi connectivity index (χ4n) is 6.54. The number of ether oxygens (including phenoxy) is 4. The van der Waals surface area contributed by atoms with Gasteiger partial charge in [0.25, 0.3) is 10.0 Å². The lowest BCUT2D eigenvalue weighted by Crippen LogP contribution is -2.55. The van der Waals surface area contributed by atoms with Crippen LogP contribution in [-0.2, 0) is 32.6 Å². The smallest absolute Gasteiger partial charge is 0.265 e. The van der Waals surface area contributed by atoms with E-state index in [4.69, 9.17) is 42.1 Å². The molecule has 2 amide bonds. The van der Waals surface area contributed by atoms with E-state index >= 15 is 4.79 Å². The number of hydrogen-bond donors (Lipinski definition) is 1. The van der Waals surface area contributed by atoms with E-state index in [9.17, 15) is 13.2 Å². The molecule has 14 heteroatoms. The summed E-state index contributed by atoms with van der Waals surface area (Å²) < 4.78 is 52.4. The van der Waals surface area contributed by atoms with Crippen molar-refractivity contribution in [3.63, 3.8) is 0 Å². The highest BCUT2D eigenvalue weighted by molar-refractivity contribution is 7.92. The second kappa shape index (κ2) is 18.6. The second-order valence-corrected chi connectivity index (χ2v) is 15.6. The molecule has 54 heavy (non-hydrogen) atoms. The summed E-state index contributed by atoms with van der Waals surface area (Å²) in [5, 5.41) is 3.80. The van der Waals surface area contributed by atoms with Crippen LogP contribution in [-0.4, -0.2) is 72.2 Å². The van der Waals surface area contributed by atoms with E-state index < -0.39 is 28.5 Å². The number of benzene rings is 4. The lowest BCUT2D eigenvalue weighted by molar-refractivity contribution is -0.140.